The van der Waals surface area contributed by atoms with Crippen LogP contribution in [0, 0.1) is 5.92 Å². The molecule has 1 N–H and O–H groups in total. The van der Waals surface area contributed by atoms with E-state index in [0.29, 0.717) is 12.5 Å². The molecule has 1 aliphatic rings. The van der Waals surface area contributed by atoms with E-state index in [2.05, 4.69) is 38.6 Å². The Labute approximate surface area is 165 Å². The SMILES string of the molecule is CCNC(=NCCc1nnc2ccccn12)N1CCC(Cc2cnn(C)c2)C1. The van der Waals surface area contributed by atoms with Gasteiger partial charge in [-0.05, 0) is 43.4 Å². The molecule has 28 heavy (non-hydrogen) atoms. The van der Waals surface area contributed by atoms with Gasteiger partial charge in [0.05, 0.1) is 6.20 Å². The molecule has 1 saturated heterocycles. The molecule has 1 unspecified atom stereocenters. The van der Waals surface area contributed by atoms with E-state index in [-0.39, 0.29) is 0 Å². The molecule has 4 heterocycles. The highest BCUT2D eigenvalue weighted by atomic mass is 15.3. The van der Waals surface area contributed by atoms with Gasteiger partial charge in [-0.25, -0.2) is 0 Å². The number of aliphatic imine (C=N–C) groups is 1. The molecule has 0 aromatic carbocycles. The fourth-order valence-electron chi connectivity index (χ4n) is 3.85. The summed E-state index contributed by atoms with van der Waals surface area (Å²) in [5, 5.41) is 16.2. The minimum atomic E-state index is 0.647. The smallest absolute Gasteiger partial charge is 0.193 e. The number of nitrogens with one attached hydrogen (secondary N) is 1. The fraction of sp³-hybridized carbons (Fsp3) is 0.500. The number of aromatic nitrogens is 5. The number of aryl methyl sites for hydroxylation is 1. The van der Waals surface area contributed by atoms with E-state index < -0.39 is 0 Å². The van der Waals surface area contributed by atoms with Crippen molar-refractivity contribution in [1.82, 2.24) is 34.6 Å². The molecule has 4 rings (SSSR count). The third-order valence-electron chi connectivity index (χ3n) is 5.18. The van der Waals surface area contributed by atoms with Crippen LogP contribution in [0.2, 0.25) is 0 Å². The van der Waals surface area contributed by atoms with Crippen molar-refractivity contribution in [2.75, 3.05) is 26.2 Å². The topological polar surface area (TPSA) is 75.6 Å². The Kier molecular flexibility index (Phi) is 5.55. The second-order valence-electron chi connectivity index (χ2n) is 7.36. The Morgan fingerprint density at radius 3 is 3.07 bits per heavy atom. The van der Waals surface area contributed by atoms with Crippen LogP contribution in [0.15, 0.2) is 41.8 Å². The maximum Gasteiger partial charge on any atom is 0.193 e. The molecule has 3 aromatic rings. The molecule has 1 atom stereocenters. The van der Waals surface area contributed by atoms with Gasteiger partial charge in [-0.2, -0.15) is 5.10 Å². The lowest BCUT2D eigenvalue weighted by Gasteiger charge is -2.21. The predicted molar refractivity (Wildman–Crippen MR) is 109 cm³/mol. The first kappa shape index (κ1) is 18.5. The summed E-state index contributed by atoms with van der Waals surface area (Å²) in [5.74, 6) is 2.60. The summed E-state index contributed by atoms with van der Waals surface area (Å²) < 4.78 is 3.91. The zero-order valence-corrected chi connectivity index (χ0v) is 16.6. The average Bonchev–Trinajstić information content (AvgIpc) is 3.42. The first-order valence-corrected chi connectivity index (χ1v) is 10.0. The van der Waals surface area contributed by atoms with Crippen molar-refractivity contribution in [2.45, 2.75) is 26.2 Å². The second kappa shape index (κ2) is 8.41. The number of hydrogen-bond donors (Lipinski definition) is 1. The molecular weight excluding hydrogens is 352 g/mol. The van der Waals surface area contributed by atoms with E-state index in [1.165, 1.54) is 12.0 Å². The van der Waals surface area contributed by atoms with Crippen LogP contribution in [0.5, 0.6) is 0 Å². The average molecular weight is 381 g/mol. The zero-order valence-electron chi connectivity index (χ0n) is 16.6. The fourth-order valence-corrected chi connectivity index (χ4v) is 3.85. The molecule has 1 fully saturated rings. The van der Waals surface area contributed by atoms with Gasteiger partial charge in [-0.15, -0.1) is 10.2 Å². The Morgan fingerprint density at radius 1 is 1.32 bits per heavy atom. The summed E-state index contributed by atoms with van der Waals surface area (Å²) in [7, 11) is 1.97. The highest BCUT2D eigenvalue weighted by molar-refractivity contribution is 5.80. The molecule has 3 aromatic heterocycles. The molecule has 8 heteroatoms. The van der Waals surface area contributed by atoms with Crippen LogP contribution < -0.4 is 5.32 Å². The summed E-state index contributed by atoms with van der Waals surface area (Å²) in [6.45, 7) is 5.77. The number of pyridine rings is 1. The Morgan fingerprint density at radius 2 is 2.25 bits per heavy atom. The number of likely N-dealkylation sites (tertiary alicyclic amines) is 1. The molecule has 8 nitrogen and oxygen atoms in total. The van der Waals surface area contributed by atoms with Gasteiger partial charge >= 0.3 is 0 Å². The van der Waals surface area contributed by atoms with Gasteiger partial charge in [0.2, 0.25) is 0 Å². The van der Waals surface area contributed by atoms with Crippen LogP contribution in [-0.2, 0) is 19.9 Å². The second-order valence-corrected chi connectivity index (χ2v) is 7.36. The minimum Gasteiger partial charge on any atom is -0.357 e. The molecule has 0 spiro atoms. The van der Waals surface area contributed by atoms with E-state index in [1.54, 1.807) is 0 Å². The van der Waals surface area contributed by atoms with Crippen LogP contribution >= 0.6 is 0 Å². The molecule has 148 valence electrons. The molecule has 0 bridgehead atoms. The van der Waals surface area contributed by atoms with Crippen molar-refractivity contribution in [2.24, 2.45) is 18.0 Å². The van der Waals surface area contributed by atoms with Crippen LogP contribution in [0.3, 0.4) is 0 Å². The number of fused-ring (bicyclic) bond motifs is 1. The van der Waals surface area contributed by atoms with Crippen molar-refractivity contribution in [3.63, 3.8) is 0 Å². The Bertz CT molecular complexity index is 940. The maximum absolute atomic E-state index is 4.86. The monoisotopic (exact) mass is 380 g/mol. The summed E-state index contributed by atoms with van der Waals surface area (Å²) in [6.07, 6.45) is 9.13. The molecule has 0 amide bonds. The molecule has 0 aliphatic carbocycles. The van der Waals surface area contributed by atoms with Gasteiger partial charge in [0.1, 0.15) is 5.82 Å². The van der Waals surface area contributed by atoms with Gasteiger partial charge in [-0.1, -0.05) is 6.07 Å². The lowest BCUT2D eigenvalue weighted by Crippen LogP contribution is -2.40. The lowest BCUT2D eigenvalue weighted by molar-refractivity contribution is 0.460. The quantitative estimate of drug-likeness (QED) is 0.519. The van der Waals surface area contributed by atoms with Crippen molar-refractivity contribution < 1.29 is 0 Å². The summed E-state index contributed by atoms with van der Waals surface area (Å²) in [6, 6.07) is 5.95. The van der Waals surface area contributed by atoms with Gasteiger partial charge in [-0.3, -0.25) is 14.1 Å². The van der Waals surface area contributed by atoms with Crippen molar-refractivity contribution in [1.29, 1.82) is 0 Å². The predicted octanol–water partition coefficient (Wildman–Crippen LogP) is 1.54. The van der Waals surface area contributed by atoms with Gasteiger partial charge in [0, 0.05) is 52.0 Å². The van der Waals surface area contributed by atoms with E-state index in [9.17, 15) is 0 Å². The molecule has 0 saturated carbocycles. The van der Waals surface area contributed by atoms with Gasteiger partial charge in [0.25, 0.3) is 0 Å². The van der Waals surface area contributed by atoms with Crippen LogP contribution in [-0.4, -0.2) is 61.4 Å². The highest BCUT2D eigenvalue weighted by Gasteiger charge is 2.25. The summed E-state index contributed by atoms with van der Waals surface area (Å²) in [4.78, 5) is 7.24. The van der Waals surface area contributed by atoms with Gasteiger partial charge in [0.15, 0.2) is 11.6 Å². The van der Waals surface area contributed by atoms with Crippen LogP contribution in [0.4, 0.5) is 0 Å². The number of nitrogens with zero attached hydrogens (tertiary/aromatic N) is 7. The third kappa shape index (κ3) is 4.16. The maximum atomic E-state index is 4.86. The van der Waals surface area contributed by atoms with E-state index in [4.69, 9.17) is 4.99 Å². The van der Waals surface area contributed by atoms with Crippen molar-refractivity contribution in [3.8, 4) is 0 Å². The summed E-state index contributed by atoms with van der Waals surface area (Å²) in [5.41, 5.74) is 2.20. The minimum absolute atomic E-state index is 0.647. The van der Waals surface area contributed by atoms with Crippen LogP contribution in [0.25, 0.3) is 5.65 Å². The number of guanidine groups is 1. The standard InChI is InChI=1S/C20H28N8/c1-3-21-20(22-9-7-19-25-24-18-6-4-5-10-28(18)19)27-11-8-16(15-27)12-17-13-23-26(2)14-17/h4-6,10,13-14,16H,3,7-9,11-12,15H2,1-2H3,(H,21,22). The first-order chi connectivity index (χ1) is 13.7. The Balaban J connectivity index is 1.36. The van der Waals surface area contributed by atoms with Crippen molar-refractivity contribution in [3.05, 3.63) is 48.2 Å². The number of rotatable bonds is 6. The summed E-state index contributed by atoms with van der Waals surface area (Å²) >= 11 is 0. The van der Waals surface area contributed by atoms with E-state index >= 15 is 0 Å². The van der Waals surface area contributed by atoms with Crippen molar-refractivity contribution >= 4 is 11.6 Å². The van der Waals surface area contributed by atoms with E-state index in [1.807, 2.05) is 46.7 Å². The van der Waals surface area contributed by atoms with E-state index in [0.717, 1.165) is 49.9 Å². The van der Waals surface area contributed by atoms with Crippen LogP contribution in [0.1, 0.15) is 24.7 Å². The normalized spacial score (nSPS) is 17.6. The molecule has 1 aliphatic heterocycles. The molecular formula is C20H28N8. The first-order valence-electron chi connectivity index (χ1n) is 10.0. The lowest BCUT2D eigenvalue weighted by atomic mass is 10.0. The largest absolute Gasteiger partial charge is 0.357 e. The third-order valence-corrected chi connectivity index (χ3v) is 5.18. The highest BCUT2D eigenvalue weighted by Crippen LogP contribution is 2.20. The van der Waals surface area contributed by atoms with Gasteiger partial charge < -0.3 is 10.2 Å². The zero-order chi connectivity index (χ0) is 19.3. The Hall–Kier alpha value is -2.90. The molecule has 0 radical (unpaired) electrons. The number of hydrogen-bond acceptors (Lipinski definition) is 4.